The lowest BCUT2D eigenvalue weighted by Gasteiger charge is -2.33. The highest BCUT2D eigenvalue weighted by atomic mass is 32.1. The fourth-order valence-corrected chi connectivity index (χ4v) is 4.36. The summed E-state index contributed by atoms with van der Waals surface area (Å²) in [5, 5.41) is 4.20. The zero-order chi connectivity index (χ0) is 22.0. The van der Waals surface area contributed by atoms with Gasteiger partial charge < -0.3 is 15.0 Å². The lowest BCUT2D eigenvalue weighted by atomic mass is 10.1. The van der Waals surface area contributed by atoms with Gasteiger partial charge >= 0.3 is 0 Å². The SMILES string of the molecule is Cc1cc(Nc2nc(C)c(C)s2)cc([C@H]2CN(C(=O)Cc3ccc(F)cc3)CCO2)n1. The molecular weight excluding hydrogens is 415 g/mol. The molecule has 1 saturated heterocycles. The normalized spacial score (nSPS) is 16.4. The van der Waals surface area contributed by atoms with E-state index in [1.54, 1.807) is 28.4 Å². The number of carbonyl (C=O) groups is 1. The zero-order valence-corrected chi connectivity index (χ0v) is 18.6. The Labute approximate surface area is 185 Å². The summed E-state index contributed by atoms with van der Waals surface area (Å²) in [6.07, 6.45) is -0.0600. The summed E-state index contributed by atoms with van der Waals surface area (Å²) >= 11 is 1.61. The summed E-state index contributed by atoms with van der Waals surface area (Å²) in [4.78, 5) is 24.9. The molecule has 0 saturated carbocycles. The topological polar surface area (TPSA) is 67.4 Å². The van der Waals surface area contributed by atoms with Crippen LogP contribution in [0.3, 0.4) is 0 Å². The first-order valence-corrected chi connectivity index (χ1v) is 11.0. The quantitative estimate of drug-likeness (QED) is 0.633. The van der Waals surface area contributed by atoms with Crippen molar-refractivity contribution in [1.82, 2.24) is 14.9 Å². The number of anilines is 2. The molecule has 0 radical (unpaired) electrons. The number of pyridine rings is 1. The van der Waals surface area contributed by atoms with E-state index in [0.29, 0.717) is 19.7 Å². The molecule has 1 amide bonds. The van der Waals surface area contributed by atoms with E-state index in [2.05, 4.69) is 22.2 Å². The standard InChI is InChI=1S/C23H25FN4O2S/c1-14-10-19(27-23-26-15(2)16(3)31-23)12-20(25-14)21-13-28(8-9-30-21)22(29)11-17-4-6-18(24)7-5-17/h4-7,10,12,21H,8-9,11,13H2,1-3H3,(H,25,26,27)/t21-/m1/s1. The van der Waals surface area contributed by atoms with E-state index in [-0.39, 0.29) is 24.2 Å². The number of aromatic nitrogens is 2. The summed E-state index contributed by atoms with van der Waals surface area (Å²) < 4.78 is 19.1. The average Bonchev–Trinajstić information content (AvgIpc) is 3.06. The number of halogens is 1. The summed E-state index contributed by atoms with van der Waals surface area (Å²) in [7, 11) is 0. The van der Waals surface area contributed by atoms with Gasteiger partial charge in [0.2, 0.25) is 5.91 Å². The molecule has 1 aliphatic rings. The lowest BCUT2D eigenvalue weighted by molar-refractivity contribution is -0.138. The molecule has 8 heteroatoms. The third kappa shape index (κ3) is 5.26. The molecule has 0 bridgehead atoms. The maximum Gasteiger partial charge on any atom is 0.227 e. The summed E-state index contributed by atoms with van der Waals surface area (Å²) in [5.41, 5.74) is 4.36. The second-order valence-corrected chi connectivity index (χ2v) is 8.91. The average molecular weight is 441 g/mol. The molecule has 0 unspecified atom stereocenters. The number of aryl methyl sites for hydroxylation is 3. The smallest absolute Gasteiger partial charge is 0.227 e. The number of ether oxygens (including phenoxy) is 1. The molecule has 1 aliphatic heterocycles. The minimum atomic E-state index is -0.305. The first-order chi connectivity index (χ1) is 14.9. The molecule has 6 nitrogen and oxygen atoms in total. The van der Waals surface area contributed by atoms with E-state index in [1.807, 2.05) is 26.0 Å². The Bertz CT molecular complexity index is 1060. The monoisotopic (exact) mass is 440 g/mol. The number of benzene rings is 1. The Morgan fingerprint density at radius 1 is 1.23 bits per heavy atom. The van der Waals surface area contributed by atoms with Gasteiger partial charge in [0.05, 0.1) is 31.0 Å². The van der Waals surface area contributed by atoms with Crippen molar-refractivity contribution in [1.29, 1.82) is 0 Å². The van der Waals surface area contributed by atoms with Crippen LogP contribution in [-0.2, 0) is 16.0 Å². The van der Waals surface area contributed by atoms with Crippen molar-refractivity contribution in [3.05, 3.63) is 69.7 Å². The lowest BCUT2D eigenvalue weighted by Crippen LogP contribution is -2.43. The largest absolute Gasteiger partial charge is 0.368 e. The van der Waals surface area contributed by atoms with Crippen molar-refractivity contribution in [2.75, 3.05) is 25.0 Å². The number of hydrogen-bond acceptors (Lipinski definition) is 6. The highest BCUT2D eigenvalue weighted by Crippen LogP contribution is 2.28. The van der Waals surface area contributed by atoms with Crippen molar-refractivity contribution in [2.45, 2.75) is 33.3 Å². The first-order valence-electron chi connectivity index (χ1n) is 10.2. The van der Waals surface area contributed by atoms with Crippen LogP contribution in [0.25, 0.3) is 0 Å². The van der Waals surface area contributed by atoms with Gasteiger partial charge in [-0.2, -0.15) is 0 Å². The van der Waals surface area contributed by atoms with Gasteiger partial charge in [-0.25, -0.2) is 9.37 Å². The second kappa shape index (κ2) is 9.11. The van der Waals surface area contributed by atoms with Crippen LogP contribution in [0, 0.1) is 26.6 Å². The van der Waals surface area contributed by atoms with Gasteiger partial charge in [0.25, 0.3) is 0 Å². The molecule has 0 spiro atoms. The molecule has 1 fully saturated rings. The first kappa shape index (κ1) is 21.4. The van der Waals surface area contributed by atoms with Gasteiger partial charge in [-0.05, 0) is 50.6 Å². The van der Waals surface area contributed by atoms with Crippen molar-refractivity contribution in [2.24, 2.45) is 0 Å². The van der Waals surface area contributed by atoms with Crippen LogP contribution in [0.15, 0.2) is 36.4 Å². The van der Waals surface area contributed by atoms with Crippen molar-refractivity contribution < 1.29 is 13.9 Å². The number of thiazole rings is 1. The predicted octanol–water partition coefficient (Wildman–Crippen LogP) is 4.49. The summed E-state index contributed by atoms with van der Waals surface area (Å²) in [6.45, 7) is 7.40. The molecule has 1 atom stereocenters. The molecule has 3 aromatic rings. The minimum Gasteiger partial charge on any atom is -0.368 e. The van der Waals surface area contributed by atoms with Crippen molar-refractivity contribution in [3.63, 3.8) is 0 Å². The highest BCUT2D eigenvalue weighted by Gasteiger charge is 2.27. The molecule has 3 heterocycles. The maximum atomic E-state index is 13.1. The summed E-state index contributed by atoms with van der Waals surface area (Å²) in [6, 6.07) is 9.97. The predicted molar refractivity (Wildman–Crippen MR) is 119 cm³/mol. The van der Waals surface area contributed by atoms with Crippen molar-refractivity contribution in [3.8, 4) is 0 Å². The fourth-order valence-electron chi connectivity index (χ4n) is 3.52. The van der Waals surface area contributed by atoms with Gasteiger partial charge in [0, 0.05) is 22.8 Å². The number of nitrogens with one attached hydrogen (secondary N) is 1. The summed E-state index contributed by atoms with van der Waals surface area (Å²) in [5.74, 6) is -0.305. The Kier molecular flexibility index (Phi) is 6.29. The molecular formula is C23H25FN4O2S. The molecule has 4 rings (SSSR count). The van der Waals surface area contributed by atoms with E-state index < -0.39 is 0 Å². The van der Waals surface area contributed by atoms with Crippen molar-refractivity contribution >= 4 is 28.1 Å². The van der Waals surface area contributed by atoms with E-state index in [0.717, 1.165) is 33.5 Å². The molecule has 2 aromatic heterocycles. The number of morpholine rings is 1. The number of carbonyl (C=O) groups excluding carboxylic acids is 1. The Balaban J connectivity index is 1.46. The number of nitrogens with zero attached hydrogens (tertiary/aromatic N) is 3. The molecule has 0 aliphatic carbocycles. The fraction of sp³-hybridized carbons (Fsp3) is 0.348. The van der Waals surface area contributed by atoms with Crippen LogP contribution < -0.4 is 5.32 Å². The highest BCUT2D eigenvalue weighted by molar-refractivity contribution is 7.15. The third-order valence-electron chi connectivity index (χ3n) is 5.27. The minimum absolute atomic E-state index is 0.000328. The van der Waals surface area contributed by atoms with Gasteiger partial charge in [-0.15, -0.1) is 11.3 Å². The van der Waals surface area contributed by atoms with Crippen LogP contribution in [0.2, 0.25) is 0 Å². The van der Waals surface area contributed by atoms with Crippen LogP contribution in [0.4, 0.5) is 15.2 Å². The Morgan fingerprint density at radius 3 is 2.71 bits per heavy atom. The van der Waals surface area contributed by atoms with Crippen LogP contribution >= 0.6 is 11.3 Å². The Hall–Kier alpha value is -2.84. The second-order valence-electron chi connectivity index (χ2n) is 7.71. The molecule has 1 N–H and O–H groups in total. The number of amides is 1. The van der Waals surface area contributed by atoms with Gasteiger partial charge in [0.15, 0.2) is 5.13 Å². The number of hydrogen-bond donors (Lipinski definition) is 1. The molecule has 31 heavy (non-hydrogen) atoms. The van der Waals surface area contributed by atoms with E-state index in [4.69, 9.17) is 4.74 Å². The van der Waals surface area contributed by atoms with Gasteiger partial charge in [0.1, 0.15) is 11.9 Å². The molecule has 162 valence electrons. The van der Waals surface area contributed by atoms with Gasteiger partial charge in [-0.1, -0.05) is 12.1 Å². The number of rotatable bonds is 5. The van der Waals surface area contributed by atoms with E-state index >= 15 is 0 Å². The van der Waals surface area contributed by atoms with E-state index in [9.17, 15) is 9.18 Å². The zero-order valence-electron chi connectivity index (χ0n) is 17.8. The van der Waals surface area contributed by atoms with Crippen LogP contribution in [0.5, 0.6) is 0 Å². The maximum absolute atomic E-state index is 13.1. The third-order valence-corrected chi connectivity index (χ3v) is 6.26. The van der Waals surface area contributed by atoms with E-state index in [1.165, 1.54) is 17.0 Å². The van der Waals surface area contributed by atoms with Crippen LogP contribution in [0.1, 0.15) is 33.6 Å². The van der Waals surface area contributed by atoms with Crippen LogP contribution in [-0.4, -0.2) is 40.5 Å². The van der Waals surface area contributed by atoms with Gasteiger partial charge in [-0.3, -0.25) is 9.78 Å². The molecule has 1 aromatic carbocycles. The Morgan fingerprint density at radius 2 is 2.00 bits per heavy atom.